The van der Waals surface area contributed by atoms with Gasteiger partial charge in [0.1, 0.15) is 0 Å². The molecule has 4 saturated carbocycles. The van der Waals surface area contributed by atoms with Crippen molar-refractivity contribution >= 4 is 5.97 Å². The number of aliphatic hydroxyl groups excluding tert-OH is 3. The van der Waals surface area contributed by atoms with Crippen molar-refractivity contribution in [3.63, 3.8) is 0 Å². The lowest BCUT2D eigenvalue weighted by Gasteiger charge is -2.63. The van der Waals surface area contributed by atoms with E-state index in [1.165, 1.54) is 0 Å². The summed E-state index contributed by atoms with van der Waals surface area (Å²) in [5.41, 5.74) is 2.99. The van der Waals surface area contributed by atoms with Gasteiger partial charge in [0, 0.05) is 6.42 Å². The third kappa shape index (κ3) is 4.74. The molecule has 39 heavy (non-hydrogen) atoms. The Balaban J connectivity index is 1.36. The van der Waals surface area contributed by atoms with Crippen molar-refractivity contribution in [1.82, 2.24) is 9.97 Å². The number of carboxylic acid groups (broad SMARTS) is 1. The second-order valence-corrected chi connectivity index (χ2v) is 14.4. The Morgan fingerprint density at radius 3 is 2.33 bits per heavy atom. The van der Waals surface area contributed by atoms with Gasteiger partial charge in [0.2, 0.25) is 0 Å². The van der Waals surface area contributed by atoms with Gasteiger partial charge in [-0.25, -0.2) is 0 Å². The topological polar surface area (TPSA) is 124 Å². The van der Waals surface area contributed by atoms with Gasteiger partial charge in [0.25, 0.3) is 0 Å². The number of hydrogen-bond donors (Lipinski definition) is 4. The van der Waals surface area contributed by atoms with Gasteiger partial charge < -0.3 is 20.4 Å². The van der Waals surface area contributed by atoms with E-state index in [1.807, 2.05) is 20.8 Å². The minimum absolute atomic E-state index is 0.0502. The summed E-state index contributed by atoms with van der Waals surface area (Å²) in [6.07, 6.45) is 5.67. The van der Waals surface area contributed by atoms with E-state index in [0.717, 1.165) is 61.3 Å². The van der Waals surface area contributed by atoms with E-state index in [0.29, 0.717) is 25.2 Å². The zero-order valence-electron chi connectivity index (χ0n) is 24.7. The number of hydrogen-bond acceptors (Lipinski definition) is 6. The molecule has 0 aromatic carbocycles. The maximum absolute atomic E-state index is 12.4. The number of aryl methyl sites for hydroxylation is 3. The predicted molar refractivity (Wildman–Crippen MR) is 149 cm³/mol. The lowest BCUT2D eigenvalue weighted by Crippen LogP contribution is -2.62. The highest BCUT2D eigenvalue weighted by atomic mass is 16.4. The first kappa shape index (κ1) is 28.9. The quantitative estimate of drug-likeness (QED) is 0.413. The van der Waals surface area contributed by atoms with E-state index in [2.05, 4.69) is 30.7 Å². The molecule has 0 aliphatic heterocycles. The zero-order chi connectivity index (χ0) is 28.4. The largest absolute Gasteiger partial charge is 0.481 e. The van der Waals surface area contributed by atoms with Gasteiger partial charge in [-0.2, -0.15) is 0 Å². The van der Waals surface area contributed by atoms with Crippen molar-refractivity contribution < 1.29 is 25.2 Å². The van der Waals surface area contributed by atoms with Crippen LogP contribution in [0.4, 0.5) is 0 Å². The predicted octanol–water partition coefficient (Wildman–Crippen LogP) is 4.63. The number of carboxylic acids is 1. The molecule has 4 N–H and O–H groups in total. The fourth-order valence-corrected chi connectivity index (χ4v) is 10.2. The fourth-order valence-electron chi connectivity index (χ4n) is 10.2. The van der Waals surface area contributed by atoms with Crippen molar-refractivity contribution in [2.45, 2.75) is 118 Å². The van der Waals surface area contributed by atoms with Crippen molar-refractivity contribution in [3.05, 3.63) is 22.8 Å². The molecule has 4 aliphatic carbocycles. The van der Waals surface area contributed by atoms with Crippen molar-refractivity contribution in [2.24, 2.45) is 52.3 Å². The van der Waals surface area contributed by atoms with Gasteiger partial charge in [0.05, 0.1) is 47.0 Å². The molecule has 1 aromatic heterocycles. The summed E-state index contributed by atoms with van der Waals surface area (Å²) in [6, 6.07) is 0. The third-order valence-corrected chi connectivity index (χ3v) is 12.5. The first-order chi connectivity index (χ1) is 18.3. The molecule has 4 fully saturated rings. The molecule has 0 radical (unpaired) electrons. The Morgan fingerprint density at radius 2 is 1.64 bits per heavy atom. The highest BCUT2D eigenvalue weighted by Crippen LogP contribution is 2.68. The molecule has 218 valence electrons. The summed E-state index contributed by atoms with van der Waals surface area (Å²) >= 11 is 0. The van der Waals surface area contributed by atoms with Crippen LogP contribution < -0.4 is 0 Å². The van der Waals surface area contributed by atoms with Gasteiger partial charge >= 0.3 is 5.97 Å². The first-order valence-corrected chi connectivity index (χ1v) is 15.3. The van der Waals surface area contributed by atoms with Crippen LogP contribution in [0.2, 0.25) is 0 Å². The normalized spacial score (nSPS) is 43.2. The average molecular weight is 543 g/mol. The van der Waals surface area contributed by atoms with Gasteiger partial charge in [-0.05, 0) is 118 Å². The Kier molecular flexibility index (Phi) is 7.69. The molecule has 5 rings (SSSR count). The molecular formula is C32H50N2O5. The summed E-state index contributed by atoms with van der Waals surface area (Å²) in [5, 5.41) is 43.9. The number of aromatic nitrogens is 2. The summed E-state index contributed by atoms with van der Waals surface area (Å²) in [7, 11) is 0. The second-order valence-electron chi connectivity index (χ2n) is 14.4. The molecule has 0 spiro atoms. The van der Waals surface area contributed by atoms with Crippen molar-refractivity contribution in [2.75, 3.05) is 0 Å². The first-order valence-electron chi connectivity index (χ1n) is 15.3. The van der Waals surface area contributed by atoms with Crippen LogP contribution in [0.25, 0.3) is 0 Å². The molecule has 4 aliphatic rings. The summed E-state index contributed by atoms with van der Waals surface area (Å²) in [6.45, 7) is 12.5. The van der Waals surface area contributed by atoms with E-state index in [4.69, 9.17) is 0 Å². The van der Waals surface area contributed by atoms with Crippen LogP contribution in [0.3, 0.4) is 0 Å². The molecule has 0 bridgehead atoms. The molecule has 7 heteroatoms. The standard InChI is InChI=1S/C32H50N2O5/c1-16(11-20(30(38)39)12-26-19(4)33-17(2)18(3)34-26)23-7-8-24-29-25(15-28(37)32(23,24)6)31(5)10-9-22(35)13-21(31)14-27(29)36/h16,20-25,27-29,35-37H,7-15H2,1-6H3,(H,38,39). The average Bonchev–Trinajstić information content (AvgIpc) is 3.22. The van der Waals surface area contributed by atoms with Crippen LogP contribution in [0, 0.1) is 73.0 Å². The van der Waals surface area contributed by atoms with Crippen LogP contribution in [-0.2, 0) is 11.2 Å². The smallest absolute Gasteiger partial charge is 0.306 e. The minimum atomic E-state index is -0.800. The Labute approximate surface area is 233 Å². The van der Waals surface area contributed by atoms with Crippen molar-refractivity contribution in [1.29, 1.82) is 0 Å². The van der Waals surface area contributed by atoms with E-state index in [-0.39, 0.29) is 46.5 Å². The molecular weight excluding hydrogens is 492 g/mol. The van der Waals surface area contributed by atoms with Gasteiger partial charge in [-0.3, -0.25) is 14.8 Å². The van der Waals surface area contributed by atoms with Crippen LogP contribution in [0.15, 0.2) is 0 Å². The van der Waals surface area contributed by atoms with E-state index >= 15 is 0 Å². The fraction of sp³-hybridized carbons (Fsp3) is 0.844. The molecule has 0 saturated heterocycles. The summed E-state index contributed by atoms with van der Waals surface area (Å²) in [4.78, 5) is 21.7. The molecule has 0 amide bonds. The number of nitrogens with zero attached hydrogens (tertiary/aromatic N) is 2. The monoisotopic (exact) mass is 542 g/mol. The molecule has 12 unspecified atom stereocenters. The SMILES string of the molecule is Cc1nc(C)c(CC(CC(C)C2CCC3C4C(O)CC5CC(O)CCC5(C)C4CC(O)C23C)C(=O)O)nc1C. The highest BCUT2D eigenvalue weighted by Gasteiger charge is 2.65. The molecule has 7 nitrogen and oxygen atoms in total. The summed E-state index contributed by atoms with van der Waals surface area (Å²) < 4.78 is 0. The molecule has 1 aromatic rings. The summed E-state index contributed by atoms with van der Waals surface area (Å²) in [5.74, 6) is -0.0619. The van der Waals surface area contributed by atoms with Gasteiger partial charge in [-0.15, -0.1) is 0 Å². The number of rotatable bonds is 6. The van der Waals surface area contributed by atoms with E-state index in [9.17, 15) is 25.2 Å². The van der Waals surface area contributed by atoms with Crippen LogP contribution in [0.1, 0.15) is 94.9 Å². The zero-order valence-corrected chi connectivity index (χ0v) is 24.7. The Bertz CT molecular complexity index is 1090. The third-order valence-electron chi connectivity index (χ3n) is 12.5. The highest BCUT2D eigenvalue weighted by molar-refractivity contribution is 5.70. The minimum Gasteiger partial charge on any atom is -0.481 e. The van der Waals surface area contributed by atoms with Gasteiger partial charge in [0.15, 0.2) is 0 Å². The lowest BCUT2D eigenvalue weighted by atomic mass is 9.43. The van der Waals surface area contributed by atoms with Crippen LogP contribution in [0.5, 0.6) is 0 Å². The van der Waals surface area contributed by atoms with E-state index < -0.39 is 24.1 Å². The number of aliphatic carboxylic acids is 1. The second kappa shape index (κ2) is 10.4. The van der Waals surface area contributed by atoms with Crippen molar-refractivity contribution in [3.8, 4) is 0 Å². The molecule has 12 atom stereocenters. The Morgan fingerprint density at radius 1 is 0.949 bits per heavy atom. The maximum Gasteiger partial charge on any atom is 0.306 e. The number of aliphatic hydroxyl groups is 3. The maximum atomic E-state index is 12.4. The Hall–Kier alpha value is -1.57. The van der Waals surface area contributed by atoms with Crippen LogP contribution >= 0.6 is 0 Å². The van der Waals surface area contributed by atoms with E-state index in [1.54, 1.807) is 0 Å². The lowest BCUT2D eigenvalue weighted by molar-refractivity contribution is -0.207. The van der Waals surface area contributed by atoms with Crippen LogP contribution in [-0.4, -0.2) is 54.7 Å². The van der Waals surface area contributed by atoms with Gasteiger partial charge in [-0.1, -0.05) is 20.8 Å². The number of fused-ring (bicyclic) bond motifs is 5. The molecule has 1 heterocycles. The number of carbonyl (C=O) groups is 1.